The number of benzene rings is 2. The van der Waals surface area contributed by atoms with Gasteiger partial charge in [-0.05, 0) is 31.5 Å². The van der Waals surface area contributed by atoms with Crippen molar-refractivity contribution in [3.8, 4) is 0 Å². The van der Waals surface area contributed by atoms with Crippen molar-refractivity contribution < 1.29 is 9.90 Å². The van der Waals surface area contributed by atoms with Gasteiger partial charge >= 0.3 is 0 Å². The lowest BCUT2D eigenvalue weighted by molar-refractivity contribution is 0.0849. The van der Waals surface area contributed by atoms with Gasteiger partial charge in [0.15, 0.2) is 0 Å². The van der Waals surface area contributed by atoms with E-state index in [-0.39, 0.29) is 12.5 Å². The molecule has 2 N–H and O–H groups in total. The highest BCUT2D eigenvalue weighted by atomic mass is 16.3. The van der Waals surface area contributed by atoms with Gasteiger partial charge in [-0.3, -0.25) is 4.79 Å². The maximum absolute atomic E-state index is 12.3. The van der Waals surface area contributed by atoms with Gasteiger partial charge in [-0.2, -0.15) is 0 Å². The zero-order valence-electron chi connectivity index (χ0n) is 11.8. The number of aryl methyl sites for hydroxylation is 1. The maximum atomic E-state index is 12.3. The van der Waals surface area contributed by atoms with E-state index < -0.39 is 5.54 Å². The number of rotatable bonds is 4. The summed E-state index contributed by atoms with van der Waals surface area (Å²) in [6.07, 6.45) is 0. The second-order valence-electron chi connectivity index (χ2n) is 5.18. The van der Waals surface area contributed by atoms with Gasteiger partial charge in [0.1, 0.15) is 0 Å². The van der Waals surface area contributed by atoms with Gasteiger partial charge in [-0.15, -0.1) is 0 Å². The zero-order chi connectivity index (χ0) is 14.6. The summed E-state index contributed by atoms with van der Waals surface area (Å²) in [6, 6.07) is 16.9. The Morgan fingerprint density at radius 3 is 2.45 bits per heavy atom. The minimum Gasteiger partial charge on any atom is -0.394 e. The third-order valence-corrected chi connectivity index (χ3v) is 3.40. The highest BCUT2D eigenvalue weighted by molar-refractivity contribution is 5.94. The normalized spacial score (nSPS) is 13.6. The highest BCUT2D eigenvalue weighted by Crippen LogP contribution is 2.20. The molecule has 20 heavy (non-hydrogen) atoms. The van der Waals surface area contributed by atoms with E-state index in [0.29, 0.717) is 5.56 Å². The van der Waals surface area contributed by atoms with E-state index in [1.54, 1.807) is 6.07 Å². The number of aliphatic hydroxyl groups is 1. The molecule has 0 radical (unpaired) electrons. The third kappa shape index (κ3) is 3.06. The number of hydrogen-bond acceptors (Lipinski definition) is 2. The number of carbonyl (C=O) groups excluding carboxylic acids is 1. The standard InChI is InChI=1S/C17H19NO2/c1-13-7-6-8-14(11-13)16(20)18-17(2,12-19)15-9-4-3-5-10-15/h3-11,19H,12H2,1-2H3,(H,18,20). The molecule has 2 rings (SSSR count). The quantitative estimate of drug-likeness (QED) is 0.896. The molecule has 0 aliphatic carbocycles. The van der Waals surface area contributed by atoms with Gasteiger partial charge in [0.2, 0.25) is 0 Å². The van der Waals surface area contributed by atoms with Gasteiger partial charge < -0.3 is 10.4 Å². The van der Waals surface area contributed by atoms with Gasteiger partial charge in [0, 0.05) is 5.56 Å². The Hall–Kier alpha value is -2.13. The summed E-state index contributed by atoms with van der Waals surface area (Å²) >= 11 is 0. The minimum atomic E-state index is -0.790. The average Bonchev–Trinajstić information content (AvgIpc) is 2.48. The minimum absolute atomic E-state index is 0.158. The molecule has 104 valence electrons. The van der Waals surface area contributed by atoms with Crippen molar-refractivity contribution in [1.82, 2.24) is 5.32 Å². The molecule has 0 heterocycles. The van der Waals surface area contributed by atoms with Crippen LogP contribution in [0.1, 0.15) is 28.4 Å². The van der Waals surface area contributed by atoms with Gasteiger partial charge in [0.25, 0.3) is 5.91 Å². The van der Waals surface area contributed by atoms with Crippen molar-refractivity contribution in [2.24, 2.45) is 0 Å². The van der Waals surface area contributed by atoms with Gasteiger partial charge in [-0.1, -0.05) is 48.0 Å². The predicted molar refractivity (Wildman–Crippen MR) is 79.5 cm³/mol. The Morgan fingerprint density at radius 1 is 1.15 bits per heavy atom. The summed E-state index contributed by atoms with van der Waals surface area (Å²) in [6.45, 7) is 3.60. The monoisotopic (exact) mass is 269 g/mol. The van der Waals surface area contributed by atoms with E-state index >= 15 is 0 Å². The molecule has 2 aromatic carbocycles. The van der Waals surface area contributed by atoms with Crippen LogP contribution in [0.3, 0.4) is 0 Å². The van der Waals surface area contributed by atoms with Crippen molar-refractivity contribution >= 4 is 5.91 Å². The number of hydrogen-bond donors (Lipinski definition) is 2. The molecule has 2 aromatic rings. The molecule has 0 aliphatic rings. The average molecular weight is 269 g/mol. The Bertz CT molecular complexity index is 595. The van der Waals surface area contributed by atoms with E-state index in [0.717, 1.165) is 11.1 Å². The lowest BCUT2D eigenvalue weighted by atomic mass is 9.92. The fraction of sp³-hybridized carbons (Fsp3) is 0.235. The van der Waals surface area contributed by atoms with Gasteiger partial charge in [0.05, 0.1) is 12.1 Å². The van der Waals surface area contributed by atoms with Crippen LogP contribution in [0.2, 0.25) is 0 Å². The second-order valence-corrected chi connectivity index (χ2v) is 5.18. The van der Waals surface area contributed by atoms with Crippen LogP contribution in [-0.2, 0) is 5.54 Å². The molecule has 0 aromatic heterocycles. The molecule has 0 spiro atoms. The fourth-order valence-corrected chi connectivity index (χ4v) is 2.12. The Balaban J connectivity index is 2.24. The summed E-state index contributed by atoms with van der Waals surface area (Å²) in [4.78, 5) is 12.3. The van der Waals surface area contributed by atoms with Crippen LogP contribution >= 0.6 is 0 Å². The largest absolute Gasteiger partial charge is 0.394 e. The molecule has 0 saturated heterocycles. The van der Waals surface area contributed by atoms with Gasteiger partial charge in [-0.25, -0.2) is 0 Å². The smallest absolute Gasteiger partial charge is 0.252 e. The van der Waals surface area contributed by atoms with E-state index in [2.05, 4.69) is 5.32 Å². The molecule has 0 aliphatic heterocycles. The first-order valence-corrected chi connectivity index (χ1v) is 6.61. The van der Waals surface area contributed by atoms with Crippen LogP contribution in [0.15, 0.2) is 54.6 Å². The fourth-order valence-electron chi connectivity index (χ4n) is 2.12. The zero-order valence-corrected chi connectivity index (χ0v) is 11.8. The van der Waals surface area contributed by atoms with Crippen LogP contribution in [-0.4, -0.2) is 17.6 Å². The summed E-state index contributed by atoms with van der Waals surface area (Å²) in [7, 11) is 0. The topological polar surface area (TPSA) is 49.3 Å². The SMILES string of the molecule is Cc1cccc(C(=O)NC(C)(CO)c2ccccc2)c1. The van der Waals surface area contributed by atoms with Crippen LogP contribution in [0.5, 0.6) is 0 Å². The Kier molecular flexibility index (Phi) is 4.20. The number of nitrogens with one attached hydrogen (secondary N) is 1. The molecule has 3 nitrogen and oxygen atoms in total. The first-order chi connectivity index (χ1) is 9.55. The van der Waals surface area contributed by atoms with Crippen LogP contribution in [0.4, 0.5) is 0 Å². The summed E-state index contributed by atoms with van der Waals surface area (Å²) in [5.41, 5.74) is 1.72. The van der Waals surface area contributed by atoms with Crippen LogP contribution in [0, 0.1) is 6.92 Å². The molecule has 1 atom stereocenters. The first kappa shape index (κ1) is 14.3. The third-order valence-electron chi connectivity index (χ3n) is 3.40. The summed E-state index contributed by atoms with van der Waals surface area (Å²) in [5.74, 6) is -0.186. The molecule has 0 bridgehead atoms. The number of aliphatic hydroxyl groups excluding tert-OH is 1. The van der Waals surface area contributed by atoms with Crippen molar-refractivity contribution in [3.05, 3.63) is 71.3 Å². The molecule has 1 unspecified atom stereocenters. The summed E-state index contributed by atoms with van der Waals surface area (Å²) < 4.78 is 0. The molecule has 1 amide bonds. The van der Waals surface area contributed by atoms with Crippen molar-refractivity contribution in [2.45, 2.75) is 19.4 Å². The second kappa shape index (κ2) is 5.88. The Labute approximate surface area is 119 Å². The summed E-state index contributed by atoms with van der Waals surface area (Å²) in [5, 5.41) is 12.6. The van der Waals surface area contributed by atoms with Crippen molar-refractivity contribution in [1.29, 1.82) is 0 Å². The molecule has 3 heteroatoms. The molecule has 0 saturated carbocycles. The molecular weight excluding hydrogens is 250 g/mol. The van der Waals surface area contributed by atoms with Crippen LogP contribution < -0.4 is 5.32 Å². The van der Waals surface area contributed by atoms with E-state index in [1.807, 2.05) is 62.4 Å². The lowest BCUT2D eigenvalue weighted by Crippen LogP contribution is -2.46. The Morgan fingerprint density at radius 2 is 1.85 bits per heavy atom. The van der Waals surface area contributed by atoms with Crippen molar-refractivity contribution in [2.75, 3.05) is 6.61 Å². The molecule has 0 fully saturated rings. The number of amides is 1. The van der Waals surface area contributed by atoms with E-state index in [9.17, 15) is 9.90 Å². The first-order valence-electron chi connectivity index (χ1n) is 6.61. The molecular formula is C17H19NO2. The van der Waals surface area contributed by atoms with E-state index in [4.69, 9.17) is 0 Å². The van der Waals surface area contributed by atoms with Crippen molar-refractivity contribution in [3.63, 3.8) is 0 Å². The van der Waals surface area contributed by atoms with Crippen LogP contribution in [0.25, 0.3) is 0 Å². The number of carbonyl (C=O) groups is 1. The van der Waals surface area contributed by atoms with E-state index in [1.165, 1.54) is 0 Å². The predicted octanol–water partition coefficient (Wildman–Crippen LogP) is 2.63. The maximum Gasteiger partial charge on any atom is 0.252 e. The highest BCUT2D eigenvalue weighted by Gasteiger charge is 2.28. The lowest BCUT2D eigenvalue weighted by Gasteiger charge is -2.29.